The molecule has 0 aromatic heterocycles. The maximum absolute atomic E-state index is 4.65. The van der Waals surface area contributed by atoms with E-state index in [9.17, 15) is 0 Å². The van der Waals surface area contributed by atoms with E-state index in [2.05, 4.69) is 16.2 Å². The van der Waals surface area contributed by atoms with E-state index in [-0.39, 0.29) is 0 Å². The van der Waals surface area contributed by atoms with Gasteiger partial charge in [0.15, 0.2) is 0 Å². The van der Waals surface area contributed by atoms with Gasteiger partial charge in [0, 0.05) is 6.42 Å². The Labute approximate surface area is 42.5 Å². The van der Waals surface area contributed by atoms with Gasteiger partial charge in [0.2, 0.25) is 0 Å². The third kappa shape index (κ3) is 1.39. The molecule has 2 nitrogen and oxygen atoms in total. The van der Waals surface area contributed by atoms with Crippen LogP contribution in [0.5, 0.6) is 0 Å². The van der Waals surface area contributed by atoms with Gasteiger partial charge in [-0.2, -0.15) is 0 Å². The lowest BCUT2D eigenvalue weighted by Crippen LogP contribution is -1.80. The van der Waals surface area contributed by atoms with E-state index in [1.165, 1.54) is 0 Å². The molecule has 0 atom stereocenters. The molecule has 0 aromatic carbocycles. The van der Waals surface area contributed by atoms with Crippen molar-refractivity contribution >= 4 is 6.21 Å². The molecule has 1 aliphatic heterocycles. The second-order valence-electron chi connectivity index (χ2n) is 1.24. The summed E-state index contributed by atoms with van der Waals surface area (Å²) in [5, 5.41) is 3.43. The molecular formula is C5H6NO. The summed E-state index contributed by atoms with van der Waals surface area (Å²) in [5.41, 5.74) is 0. The van der Waals surface area contributed by atoms with E-state index in [1.54, 1.807) is 6.08 Å². The van der Waals surface area contributed by atoms with Crippen LogP contribution in [0.3, 0.4) is 0 Å². The van der Waals surface area contributed by atoms with Crippen molar-refractivity contribution in [3.63, 3.8) is 0 Å². The van der Waals surface area contributed by atoms with Crippen molar-refractivity contribution in [1.82, 2.24) is 0 Å². The SMILES string of the molecule is [C]1=NOCCC=C1. The molecule has 0 bridgehead atoms. The molecule has 1 aliphatic rings. The summed E-state index contributed by atoms with van der Waals surface area (Å²) in [6.07, 6.45) is 7.24. The molecule has 0 saturated heterocycles. The van der Waals surface area contributed by atoms with Crippen LogP contribution in [0.2, 0.25) is 0 Å². The maximum Gasteiger partial charge on any atom is 0.131 e. The van der Waals surface area contributed by atoms with E-state index in [0.717, 1.165) is 6.42 Å². The number of rotatable bonds is 0. The summed E-state index contributed by atoms with van der Waals surface area (Å²) in [4.78, 5) is 4.65. The summed E-state index contributed by atoms with van der Waals surface area (Å²) in [6, 6.07) is 0. The van der Waals surface area contributed by atoms with Gasteiger partial charge in [0.1, 0.15) is 12.8 Å². The first-order chi connectivity index (χ1) is 3.50. The summed E-state index contributed by atoms with van der Waals surface area (Å²) < 4.78 is 0. The fourth-order valence-electron chi connectivity index (χ4n) is 0.370. The van der Waals surface area contributed by atoms with Gasteiger partial charge in [-0.25, -0.2) is 0 Å². The highest BCUT2D eigenvalue weighted by Gasteiger charge is 1.82. The first-order valence-electron chi connectivity index (χ1n) is 2.23. The molecule has 1 radical (unpaired) electrons. The van der Waals surface area contributed by atoms with E-state index in [4.69, 9.17) is 0 Å². The third-order valence-corrected chi connectivity index (χ3v) is 0.685. The molecular weight excluding hydrogens is 90.1 g/mol. The lowest BCUT2D eigenvalue weighted by molar-refractivity contribution is 0.152. The Kier molecular flexibility index (Phi) is 1.50. The molecule has 1 rings (SSSR count). The van der Waals surface area contributed by atoms with Gasteiger partial charge in [0.05, 0.1) is 0 Å². The van der Waals surface area contributed by atoms with Crippen LogP contribution >= 0.6 is 0 Å². The summed E-state index contributed by atoms with van der Waals surface area (Å²) in [7, 11) is 0. The van der Waals surface area contributed by atoms with Crippen LogP contribution in [0, 0.1) is 0 Å². The fourth-order valence-corrected chi connectivity index (χ4v) is 0.370. The molecule has 37 valence electrons. The van der Waals surface area contributed by atoms with E-state index in [1.807, 2.05) is 6.08 Å². The Balaban J connectivity index is 2.39. The Morgan fingerprint density at radius 1 is 1.71 bits per heavy atom. The lowest BCUT2D eigenvalue weighted by Gasteiger charge is -1.87. The quantitative estimate of drug-likeness (QED) is 0.437. The standard InChI is InChI=1S/C5H6NO/c1-2-4-6-7-5-3-1/h1-2H,3,5H2. The molecule has 2 heteroatoms. The predicted molar refractivity (Wildman–Crippen MR) is 27.1 cm³/mol. The number of allylic oxidation sites excluding steroid dienone is 1. The highest BCUT2D eigenvalue weighted by Crippen LogP contribution is 1.88. The Hall–Kier alpha value is -0.790. The highest BCUT2D eigenvalue weighted by molar-refractivity contribution is 5.70. The first kappa shape index (κ1) is 4.37. The topological polar surface area (TPSA) is 21.6 Å². The van der Waals surface area contributed by atoms with Crippen molar-refractivity contribution in [3.8, 4) is 0 Å². The van der Waals surface area contributed by atoms with Crippen LogP contribution in [0.4, 0.5) is 0 Å². The lowest BCUT2D eigenvalue weighted by atomic mass is 10.4. The van der Waals surface area contributed by atoms with E-state index >= 15 is 0 Å². The zero-order valence-corrected chi connectivity index (χ0v) is 3.92. The zero-order valence-electron chi connectivity index (χ0n) is 3.92. The van der Waals surface area contributed by atoms with Gasteiger partial charge >= 0.3 is 0 Å². The van der Waals surface area contributed by atoms with Crippen molar-refractivity contribution in [1.29, 1.82) is 0 Å². The molecule has 7 heavy (non-hydrogen) atoms. The number of hydrogen-bond acceptors (Lipinski definition) is 2. The third-order valence-electron chi connectivity index (χ3n) is 0.685. The van der Waals surface area contributed by atoms with Crippen molar-refractivity contribution in [2.75, 3.05) is 6.61 Å². The minimum Gasteiger partial charge on any atom is -0.395 e. The molecule has 0 unspecified atom stereocenters. The Bertz CT molecular complexity index is 84.3. The van der Waals surface area contributed by atoms with E-state index in [0.29, 0.717) is 6.61 Å². The normalized spacial score (nSPS) is 18.3. The molecule has 0 fully saturated rings. The summed E-state index contributed by atoms with van der Waals surface area (Å²) >= 11 is 0. The zero-order chi connectivity index (χ0) is 4.95. The number of hydrogen-bond donors (Lipinski definition) is 0. The molecule has 0 amide bonds. The maximum atomic E-state index is 4.65. The second-order valence-corrected chi connectivity index (χ2v) is 1.24. The average molecular weight is 96.1 g/mol. The molecule has 1 heterocycles. The van der Waals surface area contributed by atoms with Gasteiger partial charge in [-0.15, -0.1) is 0 Å². The van der Waals surface area contributed by atoms with Crippen molar-refractivity contribution in [3.05, 3.63) is 12.2 Å². The smallest absolute Gasteiger partial charge is 0.131 e. The number of nitrogens with zero attached hydrogens (tertiary/aromatic N) is 1. The monoisotopic (exact) mass is 96.0 g/mol. The largest absolute Gasteiger partial charge is 0.395 e. The summed E-state index contributed by atoms with van der Waals surface area (Å²) in [6.45, 7) is 0.684. The van der Waals surface area contributed by atoms with Crippen LogP contribution in [0.25, 0.3) is 0 Å². The molecule has 0 spiro atoms. The molecule has 0 N–H and O–H groups in total. The van der Waals surface area contributed by atoms with Gasteiger partial charge in [-0.1, -0.05) is 11.2 Å². The average Bonchev–Trinajstić information content (AvgIpc) is 1.90. The minimum atomic E-state index is 0.684. The van der Waals surface area contributed by atoms with Crippen LogP contribution in [-0.2, 0) is 4.84 Å². The van der Waals surface area contributed by atoms with Gasteiger partial charge in [-0.05, 0) is 6.08 Å². The second kappa shape index (κ2) is 2.39. The van der Waals surface area contributed by atoms with Crippen LogP contribution in [0.1, 0.15) is 6.42 Å². The molecule has 0 saturated carbocycles. The van der Waals surface area contributed by atoms with Crippen molar-refractivity contribution < 1.29 is 4.84 Å². The summed E-state index contributed by atoms with van der Waals surface area (Å²) in [5.74, 6) is 0. The first-order valence-corrected chi connectivity index (χ1v) is 2.23. The van der Waals surface area contributed by atoms with Gasteiger partial charge in [0.25, 0.3) is 0 Å². The molecule has 0 aromatic rings. The van der Waals surface area contributed by atoms with Crippen molar-refractivity contribution in [2.24, 2.45) is 5.16 Å². The van der Waals surface area contributed by atoms with Crippen LogP contribution < -0.4 is 0 Å². The minimum absolute atomic E-state index is 0.684. The van der Waals surface area contributed by atoms with Crippen LogP contribution in [-0.4, -0.2) is 12.8 Å². The highest BCUT2D eigenvalue weighted by atomic mass is 16.6. The Morgan fingerprint density at radius 2 is 2.71 bits per heavy atom. The predicted octanol–water partition coefficient (Wildman–Crippen LogP) is 0.826. The Morgan fingerprint density at radius 3 is 3.71 bits per heavy atom. The van der Waals surface area contributed by atoms with Gasteiger partial charge < -0.3 is 4.84 Å². The van der Waals surface area contributed by atoms with Crippen LogP contribution in [0.15, 0.2) is 17.3 Å². The fraction of sp³-hybridized carbons (Fsp3) is 0.400. The van der Waals surface area contributed by atoms with E-state index < -0.39 is 0 Å². The van der Waals surface area contributed by atoms with Crippen molar-refractivity contribution in [2.45, 2.75) is 6.42 Å². The molecule has 0 aliphatic carbocycles. The van der Waals surface area contributed by atoms with Gasteiger partial charge in [-0.3, -0.25) is 0 Å².